The van der Waals surface area contributed by atoms with Crippen molar-refractivity contribution in [2.24, 2.45) is 0 Å². The van der Waals surface area contributed by atoms with Gasteiger partial charge in [-0.15, -0.1) is 0 Å². The normalized spacial score (nSPS) is 9.95. The number of ketones is 1. The summed E-state index contributed by atoms with van der Waals surface area (Å²) in [6.45, 7) is -0.625. The SMILES string of the molecule is O=C(Oc1ccccc1C(=O)CO)c1ccccc1. The molecule has 0 saturated carbocycles. The zero-order chi connectivity index (χ0) is 13.7. The van der Waals surface area contributed by atoms with Crippen LogP contribution in [0.2, 0.25) is 0 Å². The van der Waals surface area contributed by atoms with E-state index in [1.54, 1.807) is 42.5 Å². The van der Waals surface area contributed by atoms with Gasteiger partial charge in [-0.05, 0) is 24.3 Å². The van der Waals surface area contributed by atoms with E-state index in [0.717, 1.165) is 0 Å². The molecule has 0 aliphatic rings. The van der Waals surface area contributed by atoms with E-state index in [-0.39, 0.29) is 11.3 Å². The van der Waals surface area contributed by atoms with E-state index < -0.39 is 18.4 Å². The molecule has 1 N–H and O–H groups in total. The largest absolute Gasteiger partial charge is 0.422 e. The number of esters is 1. The maximum absolute atomic E-state index is 11.9. The molecule has 2 rings (SSSR count). The average molecular weight is 256 g/mol. The predicted octanol–water partition coefficient (Wildman–Crippen LogP) is 2.08. The molecule has 0 unspecified atom stereocenters. The van der Waals surface area contributed by atoms with Gasteiger partial charge in [0, 0.05) is 0 Å². The molecule has 0 aliphatic heterocycles. The van der Waals surface area contributed by atoms with Gasteiger partial charge in [0.2, 0.25) is 0 Å². The van der Waals surface area contributed by atoms with Crippen molar-refractivity contribution in [3.05, 3.63) is 65.7 Å². The summed E-state index contributed by atoms with van der Waals surface area (Å²) in [5.74, 6) is -0.884. The molecule has 19 heavy (non-hydrogen) atoms. The standard InChI is InChI=1S/C15H12O4/c16-10-13(17)12-8-4-5-9-14(12)19-15(18)11-6-2-1-3-7-11/h1-9,16H,10H2. The molecule has 0 saturated heterocycles. The highest BCUT2D eigenvalue weighted by molar-refractivity contribution is 6.01. The van der Waals surface area contributed by atoms with E-state index in [1.165, 1.54) is 12.1 Å². The number of carbonyl (C=O) groups excluding carboxylic acids is 2. The number of hydrogen-bond donors (Lipinski definition) is 1. The molecule has 0 aliphatic carbocycles. The minimum Gasteiger partial charge on any atom is -0.422 e. The number of hydrogen-bond acceptors (Lipinski definition) is 4. The first-order chi connectivity index (χ1) is 9.22. The van der Waals surface area contributed by atoms with Crippen molar-refractivity contribution in [1.82, 2.24) is 0 Å². The second kappa shape index (κ2) is 5.93. The van der Waals surface area contributed by atoms with Crippen LogP contribution in [0.1, 0.15) is 20.7 Å². The van der Waals surface area contributed by atoms with Crippen LogP contribution >= 0.6 is 0 Å². The molecule has 0 aromatic heterocycles. The third kappa shape index (κ3) is 3.05. The number of para-hydroxylation sites is 1. The molecule has 0 bridgehead atoms. The lowest BCUT2D eigenvalue weighted by Gasteiger charge is -2.08. The first kappa shape index (κ1) is 13.0. The molecule has 2 aromatic carbocycles. The van der Waals surface area contributed by atoms with Gasteiger partial charge in [0.15, 0.2) is 5.78 Å². The molecule has 96 valence electrons. The highest BCUT2D eigenvalue weighted by Crippen LogP contribution is 2.19. The van der Waals surface area contributed by atoms with Gasteiger partial charge in [0.1, 0.15) is 12.4 Å². The Morgan fingerprint density at radius 1 is 0.947 bits per heavy atom. The van der Waals surface area contributed by atoms with E-state index in [1.807, 2.05) is 0 Å². The minimum atomic E-state index is -0.625. The Bertz CT molecular complexity index is 590. The van der Waals surface area contributed by atoms with Crippen molar-refractivity contribution < 1.29 is 19.4 Å². The summed E-state index contributed by atoms with van der Waals surface area (Å²) in [5, 5.41) is 8.87. The van der Waals surface area contributed by atoms with E-state index >= 15 is 0 Å². The van der Waals surface area contributed by atoms with Crippen LogP contribution < -0.4 is 4.74 Å². The third-order valence-corrected chi connectivity index (χ3v) is 2.54. The van der Waals surface area contributed by atoms with Crippen LogP contribution in [0.4, 0.5) is 0 Å². The first-order valence-corrected chi connectivity index (χ1v) is 5.72. The van der Waals surface area contributed by atoms with Crippen LogP contribution in [-0.2, 0) is 0 Å². The van der Waals surface area contributed by atoms with E-state index in [2.05, 4.69) is 0 Å². The average Bonchev–Trinajstić information content (AvgIpc) is 2.48. The fourth-order valence-electron chi connectivity index (χ4n) is 1.60. The number of Topliss-reactive ketones (excluding diaryl/α,β-unsaturated/α-hetero) is 1. The quantitative estimate of drug-likeness (QED) is 0.517. The lowest BCUT2D eigenvalue weighted by atomic mass is 10.1. The number of aliphatic hydroxyl groups is 1. The summed E-state index contributed by atoms with van der Waals surface area (Å²) >= 11 is 0. The van der Waals surface area contributed by atoms with E-state index in [0.29, 0.717) is 5.56 Å². The first-order valence-electron chi connectivity index (χ1n) is 5.72. The molecule has 0 heterocycles. The van der Waals surface area contributed by atoms with Crippen molar-refractivity contribution in [3.63, 3.8) is 0 Å². The molecule has 0 amide bonds. The maximum atomic E-state index is 11.9. The molecule has 0 spiro atoms. The highest BCUT2D eigenvalue weighted by atomic mass is 16.5. The van der Waals surface area contributed by atoms with Gasteiger partial charge >= 0.3 is 5.97 Å². The van der Waals surface area contributed by atoms with Gasteiger partial charge in [0.05, 0.1) is 11.1 Å². The molecule has 0 fully saturated rings. The Morgan fingerprint density at radius 2 is 1.58 bits per heavy atom. The number of benzene rings is 2. The summed E-state index contributed by atoms with van der Waals surface area (Å²) in [4.78, 5) is 23.4. The van der Waals surface area contributed by atoms with Gasteiger partial charge in [0.25, 0.3) is 0 Å². The van der Waals surface area contributed by atoms with Gasteiger partial charge in [-0.3, -0.25) is 4.79 Å². The van der Waals surface area contributed by atoms with Crippen LogP contribution in [0.25, 0.3) is 0 Å². The van der Waals surface area contributed by atoms with Crippen molar-refractivity contribution >= 4 is 11.8 Å². The number of rotatable bonds is 4. The Balaban J connectivity index is 2.25. The molecule has 0 radical (unpaired) electrons. The van der Waals surface area contributed by atoms with Crippen LogP contribution in [-0.4, -0.2) is 23.5 Å². The summed E-state index contributed by atoms with van der Waals surface area (Å²) < 4.78 is 5.18. The zero-order valence-electron chi connectivity index (χ0n) is 10.1. The second-order valence-electron chi connectivity index (χ2n) is 3.83. The fourth-order valence-corrected chi connectivity index (χ4v) is 1.60. The van der Waals surface area contributed by atoms with Crippen LogP contribution in [0.5, 0.6) is 5.75 Å². The summed E-state index contributed by atoms with van der Waals surface area (Å²) in [6.07, 6.45) is 0. The maximum Gasteiger partial charge on any atom is 0.343 e. The molecule has 4 nitrogen and oxygen atoms in total. The lowest BCUT2D eigenvalue weighted by molar-refractivity contribution is 0.0731. The van der Waals surface area contributed by atoms with Crippen molar-refractivity contribution in [2.75, 3.05) is 6.61 Å². The van der Waals surface area contributed by atoms with E-state index in [9.17, 15) is 9.59 Å². The Kier molecular flexibility index (Phi) is 4.05. The van der Waals surface area contributed by atoms with Gasteiger partial charge in [-0.1, -0.05) is 30.3 Å². The molecular weight excluding hydrogens is 244 g/mol. The number of ether oxygens (including phenoxy) is 1. The summed E-state index contributed by atoms with van der Waals surface area (Å²) in [7, 11) is 0. The Morgan fingerprint density at radius 3 is 2.26 bits per heavy atom. The molecule has 0 atom stereocenters. The summed E-state index contributed by atoms with van der Waals surface area (Å²) in [6, 6.07) is 14.8. The van der Waals surface area contributed by atoms with Gasteiger partial charge in [-0.2, -0.15) is 0 Å². The van der Waals surface area contributed by atoms with Crippen molar-refractivity contribution in [3.8, 4) is 5.75 Å². The minimum absolute atomic E-state index is 0.149. The van der Waals surface area contributed by atoms with Crippen molar-refractivity contribution in [2.45, 2.75) is 0 Å². The predicted molar refractivity (Wildman–Crippen MR) is 69.3 cm³/mol. The monoisotopic (exact) mass is 256 g/mol. The lowest BCUT2D eigenvalue weighted by Crippen LogP contribution is -2.12. The zero-order valence-corrected chi connectivity index (χ0v) is 10.1. The topological polar surface area (TPSA) is 63.6 Å². The third-order valence-electron chi connectivity index (χ3n) is 2.54. The van der Waals surface area contributed by atoms with Crippen LogP contribution in [0, 0.1) is 0 Å². The number of aliphatic hydroxyl groups excluding tert-OH is 1. The second-order valence-corrected chi connectivity index (χ2v) is 3.83. The molecule has 4 heteroatoms. The number of carbonyl (C=O) groups is 2. The Hall–Kier alpha value is -2.46. The molecular formula is C15H12O4. The fraction of sp³-hybridized carbons (Fsp3) is 0.0667. The van der Waals surface area contributed by atoms with Gasteiger partial charge < -0.3 is 9.84 Å². The Labute approximate surface area is 110 Å². The van der Waals surface area contributed by atoms with Crippen molar-refractivity contribution in [1.29, 1.82) is 0 Å². The smallest absolute Gasteiger partial charge is 0.343 e. The highest BCUT2D eigenvalue weighted by Gasteiger charge is 2.14. The van der Waals surface area contributed by atoms with Crippen LogP contribution in [0.15, 0.2) is 54.6 Å². The summed E-state index contributed by atoms with van der Waals surface area (Å²) in [5.41, 5.74) is 0.586. The van der Waals surface area contributed by atoms with Gasteiger partial charge in [-0.25, -0.2) is 4.79 Å². The van der Waals surface area contributed by atoms with Crippen LogP contribution in [0.3, 0.4) is 0 Å². The molecule has 2 aromatic rings. The van der Waals surface area contributed by atoms with E-state index in [4.69, 9.17) is 9.84 Å².